The van der Waals surface area contributed by atoms with E-state index in [1.165, 1.54) is 41.3 Å². The fourth-order valence-electron chi connectivity index (χ4n) is 1.89. The minimum absolute atomic E-state index is 0.838. The van der Waals surface area contributed by atoms with Crippen LogP contribution in [0.3, 0.4) is 0 Å². The number of halogens is 1. The third-order valence-corrected chi connectivity index (χ3v) is 4.18. The standard InChI is InChI=1S/C15H23BrO/c1-4-5-6-7-8-9-17-14-10-12(2)15(16)13(3)11-14/h10-11H,4-9H2,1-3H3. The molecule has 0 bridgehead atoms. The molecule has 1 aromatic rings. The second kappa shape index (κ2) is 7.75. The van der Waals surface area contributed by atoms with Crippen molar-refractivity contribution in [1.82, 2.24) is 0 Å². The number of rotatable bonds is 7. The Bertz CT molecular complexity index is 324. The first-order valence-electron chi connectivity index (χ1n) is 6.54. The Morgan fingerprint density at radius 2 is 1.59 bits per heavy atom. The summed E-state index contributed by atoms with van der Waals surface area (Å²) in [6, 6.07) is 4.20. The molecule has 0 saturated carbocycles. The average molecular weight is 299 g/mol. The van der Waals surface area contributed by atoms with Crippen LogP contribution >= 0.6 is 15.9 Å². The predicted octanol–water partition coefficient (Wildman–Crippen LogP) is 5.42. The minimum atomic E-state index is 0.838. The van der Waals surface area contributed by atoms with E-state index in [1.54, 1.807) is 0 Å². The first-order chi connectivity index (χ1) is 8.15. The molecule has 0 radical (unpaired) electrons. The highest BCUT2D eigenvalue weighted by molar-refractivity contribution is 9.10. The van der Waals surface area contributed by atoms with Crippen molar-refractivity contribution in [2.45, 2.75) is 52.9 Å². The molecule has 0 aromatic heterocycles. The van der Waals surface area contributed by atoms with E-state index >= 15 is 0 Å². The average Bonchev–Trinajstić information content (AvgIpc) is 2.30. The maximum Gasteiger partial charge on any atom is 0.119 e. The van der Waals surface area contributed by atoms with Gasteiger partial charge in [0.15, 0.2) is 0 Å². The topological polar surface area (TPSA) is 9.23 Å². The summed E-state index contributed by atoms with van der Waals surface area (Å²) in [5.41, 5.74) is 2.48. The van der Waals surface area contributed by atoms with Crippen molar-refractivity contribution in [3.8, 4) is 5.75 Å². The summed E-state index contributed by atoms with van der Waals surface area (Å²) in [6.45, 7) is 7.28. The summed E-state index contributed by atoms with van der Waals surface area (Å²) in [7, 11) is 0. The Morgan fingerprint density at radius 1 is 1.00 bits per heavy atom. The highest BCUT2D eigenvalue weighted by Gasteiger charge is 2.02. The fourth-order valence-corrected chi connectivity index (χ4v) is 2.11. The van der Waals surface area contributed by atoms with Gasteiger partial charge in [-0.1, -0.05) is 48.5 Å². The van der Waals surface area contributed by atoms with E-state index in [4.69, 9.17) is 4.74 Å². The van der Waals surface area contributed by atoms with Crippen LogP contribution in [0, 0.1) is 13.8 Å². The largest absolute Gasteiger partial charge is 0.494 e. The van der Waals surface area contributed by atoms with Crippen molar-refractivity contribution >= 4 is 15.9 Å². The maximum atomic E-state index is 5.78. The SMILES string of the molecule is CCCCCCCOc1cc(C)c(Br)c(C)c1. The Kier molecular flexibility index (Phi) is 6.64. The van der Waals surface area contributed by atoms with Gasteiger partial charge in [0.05, 0.1) is 6.61 Å². The molecule has 0 unspecified atom stereocenters. The molecule has 0 saturated heterocycles. The van der Waals surface area contributed by atoms with Gasteiger partial charge in [0.25, 0.3) is 0 Å². The number of unbranched alkanes of at least 4 members (excludes halogenated alkanes) is 4. The minimum Gasteiger partial charge on any atom is -0.494 e. The van der Waals surface area contributed by atoms with Gasteiger partial charge in [-0.2, -0.15) is 0 Å². The van der Waals surface area contributed by atoms with Crippen LogP contribution in [0.1, 0.15) is 50.2 Å². The lowest BCUT2D eigenvalue weighted by Crippen LogP contribution is -1.98. The monoisotopic (exact) mass is 298 g/mol. The lowest BCUT2D eigenvalue weighted by atomic mass is 10.1. The Balaban J connectivity index is 2.32. The Hall–Kier alpha value is -0.500. The van der Waals surface area contributed by atoms with Crippen molar-refractivity contribution in [2.24, 2.45) is 0 Å². The summed E-state index contributed by atoms with van der Waals surface area (Å²) in [6.07, 6.45) is 6.41. The molecule has 1 rings (SSSR count). The zero-order valence-corrected chi connectivity index (χ0v) is 12.8. The van der Waals surface area contributed by atoms with Crippen LogP contribution < -0.4 is 4.74 Å². The van der Waals surface area contributed by atoms with Crippen LogP contribution in [0.5, 0.6) is 5.75 Å². The van der Waals surface area contributed by atoms with E-state index in [9.17, 15) is 0 Å². The summed E-state index contributed by atoms with van der Waals surface area (Å²) in [5.74, 6) is 0.999. The molecule has 0 aliphatic rings. The molecule has 0 aliphatic carbocycles. The highest BCUT2D eigenvalue weighted by Crippen LogP contribution is 2.26. The summed E-state index contributed by atoms with van der Waals surface area (Å²) >= 11 is 3.57. The van der Waals surface area contributed by atoms with Crippen molar-refractivity contribution in [2.75, 3.05) is 6.61 Å². The molecule has 96 valence electrons. The first-order valence-corrected chi connectivity index (χ1v) is 7.34. The molecular formula is C15H23BrO. The number of benzene rings is 1. The van der Waals surface area contributed by atoms with E-state index in [0.29, 0.717) is 0 Å². The number of ether oxygens (including phenoxy) is 1. The molecule has 0 atom stereocenters. The fraction of sp³-hybridized carbons (Fsp3) is 0.600. The normalized spacial score (nSPS) is 10.6. The molecule has 2 heteroatoms. The molecule has 1 nitrogen and oxygen atoms in total. The van der Waals surface area contributed by atoms with Crippen molar-refractivity contribution in [3.05, 3.63) is 27.7 Å². The van der Waals surface area contributed by atoms with Crippen molar-refractivity contribution < 1.29 is 4.74 Å². The molecule has 1 aromatic carbocycles. The van der Waals surface area contributed by atoms with E-state index in [2.05, 4.69) is 48.8 Å². The summed E-state index contributed by atoms with van der Waals surface area (Å²) in [4.78, 5) is 0. The Labute approximate surface area is 114 Å². The third kappa shape index (κ3) is 5.12. The third-order valence-electron chi connectivity index (χ3n) is 2.93. The predicted molar refractivity (Wildman–Crippen MR) is 77.9 cm³/mol. The lowest BCUT2D eigenvalue weighted by molar-refractivity contribution is 0.304. The van der Waals surface area contributed by atoms with Gasteiger partial charge >= 0.3 is 0 Å². The lowest BCUT2D eigenvalue weighted by Gasteiger charge is -2.10. The van der Waals surface area contributed by atoms with Gasteiger partial charge in [0.2, 0.25) is 0 Å². The quantitative estimate of drug-likeness (QED) is 0.611. The first kappa shape index (κ1) is 14.6. The van der Waals surface area contributed by atoms with Crippen molar-refractivity contribution in [3.63, 3.8) is 0 Å². The van der Waals surface area contributed by atoms with Gasteiger partial charge in [-0.15, -0.1) is 0 Å². The van der Waals surface area contributed by atoms with Gasteiger partial charge in [-0.05, 0) is 43.5 Å². The van der Waals surface area contributed by atoms with Gasteiger partial charge in [-0.3, -0.25) is 0 Å². The van der Waals surface area contributed by atoms with E-state index < -0.39 is 0 Å². The van der Waals surface area contributed by atoms with Gasteiger partial charge in [0.1, 0.15) is 5.75 Å². The molecule has 0 spiro atoms. The zero-order chi connectivity index (χ0) is 12.7. The van der Waals surface area contributed by atoms with Crippen LogP contribution in [0.4, 0.5) is 0 Å². The summed E-state index contributed by atoms with van der Waals surface area (Å²) < 4.78 is 6.97. The zero-order valence-electron chi connectivity index (χ0n) is 11.2. The van der Waals surface area contributed by atoms with Crippen LogP contribution in [0.15, 0.2) is 16.6 Å². The van der Waals surface area contributed by atoms with Crippen LogP contribution in [-0.4, -0.2) is 6.61 Å². The Morgan fingerprint density at radius 3 is 2.18 bits per heavy atom. The summed E-state index contributed by atoms with van der Waals surface area (Å²) in [5, 5.41) is 0. The smallest absolute Gasteiger partial charge is 0.119 e. The highest BCUT2D eigenvalue weighted by atomic mass is 79.9. The van der Waals surface area contributed by atoms with Gasteiger partial charge in [-0.25, -0.2) is 0 Å². The number of hydrogen-bond acceptors (Lipinski definition) is 1. The van der Waals surface area contributed by atoms with E-state index in [1.807, 2.05) is 0 Å². The van der Waals surface area contributed by atoms with Gasteiger partial charge < -0.3 is 4.74 Å². The second-order valence-electron chi connectivity index (χ2n) is 4.63. The van der Waals surface area contributed by atoms with E-state index in [-0.39, 0.29) is 0 Å². The van der Waals surface area contributed by atoms with Gasteiger partial charge in [0, 0.05) is 4.47 Å². The number of aryl methyl sites for hydroxylation is 2. The maximum absolute atomic E-state index is 5.78. The van der Waals surface area contributed by atoms with E-state index in [0.717, 1.165) is 18.8 Å². The molecule has 0 amide bonds. The van der Waals surface area contributed by atoms with Crippen LogP contribution in [0.2, 0.25) is 0 Å². The molecular weight excluding hydrogens is 276 g/mol. The molecule has 0 N–H and O–H groups in total. The molecule has 0 heterocycles. The molecule has 0 fully saturated rings. The second-order valence-corrected chi connectivity index (χ2v) is 5.43. The van der Waals surface area contributed by atoms with Crippen molar-refractivity contribution in [1.29, 1.82) is 0 Å². The molecule has 17 heavy (non-hydrogen) atoms. The van der Waals surface area contributed by atoms with Crippen LogP contribution in [0.25, 0.3) is 0 Å². The molecule has 0 aliphatic heterocycles. The number of hydrogen-bond donors (Lipinski definition) is 0. The van der Waals surface area contributed by atoms with Crippen LogP contribution in [-0.2, 0) is 0 Å².